The van der Waals surface area contributed by atoms with Crippen LogP contribution in [0.1, 0.15) is 12.8 Å². The van der Waals surface area contributed by atoms with E-state index in [4.69, 9.17) is 9.47 Å². The number of ether oxygens (including phenoxy) is 2. The molecule has 2 aliphatic heterocycles. The third kappa shape index (κ3) is 3.68. The van der Waals surface area contributed by atoms with Gasteiger partial charge in [0.15, 0.2) is 0 Å². The van der Waals surface area contributed by atoms with Crippen LogP contribution in [0.3, 0.4) is 0 Å². The van der Waals surface area contributed by atoms with Gasteiger partial charge < -0.3 is 20.1 Å². The molecule has 0 atom stereocenters. The van der Waals surface area contributed by atoms with E-state index in [0.29, 0.717) is 43.1 Å². The fraction of sp³-hybridized carbons (Fsp3) is 0.500. The number of hydrogen-bond acceptors (Lipinski definition) is 6. The lowest BCUT2D eigenvalue weighted by atomic mass is 9.87. The largest absolute Gasteiger partial charge is 0.497 e. The second-order valence-electron chi connectivity index (χ2n) is 6.77. The third-order valence-corrected chi connectivity index (χ3v) is 5.12. The summed E-state index contributed by atoms with van der Waals surface area (Å²) in [5.41, 5.74) is -0.255. The molecular formula is C18H24N4O5. The molecule has 1 aromatic rings. The summed E-state index contributed by atoms with van der Waals surface area (Å²) in [7, 11) is 4.57. The minimum absolute atomic E-state index is 0.173. The minimum atomic E-state index is -0.821. The van der Waals surface area contributed by atoms with Crippen molar-refractivity contribution in [3.63, 3.8) is 0 Å². The van der Waals surface area contributed by atoms with Crippen LogP contribution in [-0.4, -0.2) is 74.1 Å². The van der Waals surface area contributed by atoms with Gasteiger partial charge in [-0.15, -0.1) is 0 Å². The van der Waals surface area contributed by atoms with E-state index in [2.05, 4.69) is 10.6 Å². The molecule has 9 heteroatoms. The molecule has 146 valence electrons. The van der Waals surface area contributed by atoms with E-state index in [1.54, 1.807) is 25.3 Å². The molecule has 0 aromatic heterocycles. The number of rotatable bonds is 5. The Balaban J connectivity index is 1.56. The van der Waals surface area contributed by atoms with Crippen LogP contribution < -0.4 is 20.1 Å². The van der Waals surface area contributed by atoms with E-state index in [-0.39, 0.29) is 24.4 Å². The second kappa shape index (κ2) is 7.43. The molecule has 0 bridgehead atoms. The van der Waals surface area contributed by atoms with E-state index >= 15 is 0 Å². The Bertz CT molecular complexity index is 758. The topological polar surface area (TPSA) is 100 Å². The minimum Gasteiger partial charge on any atom is -0.497 e. The van der Waals surface area contributed by atoms with Crippen molar-refractivity contribution in [3.05, 3.63) is 18.2 Å². The number of carbonyl (C=O) groups is 3. The summed E-state index contributed by atoms with van der Waals surface area (Å²) in [6, 6.07) is 4.81. The van der Waals surface area contributed by atoms with Crippen LogP contribution in [0.15, 0.2) is 18.2 Å². The fourth-order valence-corrected chi connectivity index (χ4v) is 3.48. The second-order valence-corrected chi connectivity index (χ2v) is 6.77. The number of anilines is 1. The first-order valence-corrected chi connectivity index (χ1v) is 8.73. The van der Waals surface area contributed by atoms with Crippen LogP contribution >= 0.6 is 0 Å². The molecule has 0 saturated carbocycles. The highest BCUT2D eigenvalue weighted by atomic mass is 16.5. The summed E-state index contributed by atoms with van der Waals surface area (Å²) in [4.78, 5) is 39.5. The van der Waals surface area contributed by atoms with Gasteiger partial charge >= 0.3 is 6.03 Å². The van der Waals surface area contributed by atoms with Gasteiger partial charge in [-0.25, -0.2) is 4.79 Å². The molecular weight excluding hydrogens is 352 g/mol. The molecule has 0 radical (unpaired) electrons. The molecule has 2 N–H and O–H groups in total. The quantitative estimate of drug-likeness (QED) is 0.733. The average molecular weight is 376 g/mol. The van der Waals surface area contributed by atoms with E-state index < -0.39 is 5.54 Å². The Morgan fingerprint density at radius 1 is 1.22 bits per heavy atom. The smallest absolute Gasteiger partial charge is 0.324 e. The van der Waals surface area contributed by atoms with Crippen molar-refractivity contribution in [2.24, 2.45) is 0 Å². The predicted molar refractivity (Wildman–Crippen MR) is 97.9 cm³/mol. The zero-order valence-corrected chi connectivity index (χ0v) is 15.7. The van der Waals surface area contributed by atoms with E-state index in [0.717, 1.165) is 4.90 Å². The number of hydrogen-bond donors (Lipinski definition) is 2. The van der Waals surface area contributed by atoms with Crippen LogP contribution in [0.4, 0.5) is 10.5 Å². The van der Waals surface area contributed by atoms with Gasteiger partial charge in [0.1, 0.15) is 17.0 Å². The number of methoxy groups -OCH3 is 2. The van der Waals surface area contributed by atoms with Crippen LogP contribution in [0.25, 0.3) is 0 Å². The summed E-state index contributed by atoms with van der Waals surface area (Å²) in [5, 5.41) is 5.63. The normalized spacial score (nSPS) is 19.1. The number of amides is 4. The Kier molecular flexibility index (Phi) is 5.22. The number of nitrogens with one attached hydrogen (secondary N) is 2. The van der Waals surface area contributed by atoms with Gasteiger partial charge in [0.2, 0.25) is 5.91 Å². The van der Waals surface area contributed by atoms with Crippen LogP contribution in [0, 0.1) is 0 Å². The van der Waals surface area contributed by atoms with Gasteiger partial charge in [-0.2, -0.15) is 0 Å². The van der Waals surface area contributed by atoms with Gasteiger partial charge in [0, 0.05) is 26.2 Å². The molecule has 27 heavy (non-hydrogen) atoms. The zero-order valence-electron chi connectivity index (χ0n) is 15.7. The number of imide groups is 1. The van der Waals surface area contributed by atoms with E-state index in [1.165, 1.54) is 14.2 Å². The number of likely N-dealkylation sites (N-methyl/N-ethyl adjacent to an activating group) is 1. The number of nitrogens with zero attached hydrogens (tertiary/aromatic N) is 2. The van der Waals surface area contributed by atoms with Crippen molar-refractivity contribution in [1.82, 2.24) is 15.1 Å². The SMILES string of the molecule is COc1ccc(NC(=O)CN2CCC3(CC2)NC(=O)N(C)C3=O)c(OC)c1. The molecule has 3 rings (SSSR count). The number of urea groups is 1. The van der Waals surface area contributed by atoms with Crippen molar-refractivity contribution < 1.29 is 23.9 Å². The number of carbonyl (C=O) groups excluding carboxylic acids is 3. The maximum absolute atomic E-state index is 12.4. The average Bonchev–Trinajstić information content (AvgIpc) is 2.88. The van der Waals surface area contributed by atoms with Crippen LogP contribution in [-0.2, 0) is 9.59 Å². The summed E-state index contributed by atoms with van der Waals surface area (Å²) in [6.45, 7) is 1.29. The van der Waals surface area contributed by atoms with Crippen LogP contribution in [0.2, 0.25) is 0 Å². The maximum Gasteiger partial charge on any atom is 0.324 e. The Morgan fingerprint density at radius 2 is 1.93 bits per heavy atom. The van der Waals surface area contributed by atoms with Crippen LogP contribution in [0.5, 0.6) is 11.5 Å². The van der Waals surface area contributed by atoms with Gasteiger partial charge in [0.25, 0.3) is 5.91 Å². The highest BCUT2D eigenvalue weighted by molar-refractivity contribution is 6.06. The summed E-state index contributed by atoms with van der Waals surface area (Å²) < 4.78 is 10.4. The summed E-state index contributed by atoms with van der Waals surface area (Å²) in [5.74, 6) is 0.787. The molecule has 0 unspecified atom stereocenters. The number of benzene rings is 1. The first-order valence-electron chi connectivity index (χ1n) is 8.73. The highest BCUT2D eigenvalue weighted by Gasteiger charge is 2.50. The van der Waals surface area contributed by atoms with Crippen molar-refractivity contribution >= 4 is 23.5 Å². The molecule has 1 spiro atoms. The Labute approximate surface area is 157 Å². The van der Waals surface area contributed by atoms with Gasteiger partial charge in [-0.05, 0) is 25.0 Å². The van der Waals surface area contributed by atoms with Gasteiger partial charge in [-0.3, -0.25) is 19.4 Å². The number of likely N-dealkylation sites (tertiary alicyclic amines) is 1. The monoisotopic (exact) mass is 376 g/mol. The molecule has 0 aliphatic carbocycles. The lowest BCUT2D eigenvalue weighted by Gasteiger charge is -2.36. The zero-order chi connectivity index (χ0) is 19.6. The number of piperidine rings is 1. The lowest BCUT2D eigenvalue weighted by molar-refractivity contribution is -0.132. The molecule has 1 aromatic carbocycles. The van der Waals surface area contributed by atoms with Crippen molar-refractivity contribution in [2.75, 3.05) is 46.2 Å². The maximum atomic E-state index is 12.4. The van der Waals surface area contributed by atoms with E-state index in [9.17, 15) is 14.4 Å². The first-order chi connectivity index (χ1) is 12.9. The fourth-order valence-electron chi connectivity index (χ4n) is 3.48. The predicted octanol–water partition coefficient (Wildman–Crippen LogP) is 0.659. The van der Waals surface area contributed by atoms with E-state index in [1.807, 2.05) is 4.90 Å². The Hall–Kier alpha value is -2.81. The Morgan fingerprint density at radius 3 is 2.48 bits per heavy atom. The molecule has 9 nitrogen and oxygen atoms in total. The van der Waals surface area contributed by atoms with Crippen molar-refractivity contribution in [3.8, 4) is 11.5 Å². The molecule has 2 saturated heterocycles. The molecule has 2 fully saturated rings. The molecule has 2 heterocycles. The molecule has 2 aliphatic rings. The summed E-state index contributed by atoms with van der Waals surface area (Å²) >= 11 is 0. The third-order valence-electron chi connectivity index (χ3n) is 5.12. The summed E-state index contributed by atoms with van der Waals surface area (Å²) in [6.07, 6.45) is 0.974. The van der Waals surface area contributed by atoms with Gasteiger partial charge in [-0.1, -0.05) is 0 Å². The van der Waals surface area contributed by atoms with Gasteiger partial charge in [0.05, 0.1) is 26.5 Å². The first kappa shape index (κ1) is 19.0. The van der Waals surface area contributed by atoms with Crippen molar-refractivity contribution in [1.29, 1.82) is 0 Å². The standard InChI is InChI=1S/C18H24N4O5/c1-21-16(24)18(20-17(21)25)6-8-22(9-7-18)11-15(23)19-13-5-4-12(26-2)10-14(13)27-3/h4-5,10H,6-9,11H2,1-3H3,(H,19,23)(H,20,25). The highest BCUT2D eigenvalue weighted by Crippen LogP contribution is 2.30. The van der Waals surface area contributed by atoms with Crippen molar-refractivity contribution in [2.45, 2.75) is 18.4 Å². The molecule has 4 amide bonds. The lowest BCUT2D eigenvalue weighted by Crippen LogP contribution is -2.55.